The summed E-state index contributed by atoms with van der Waals surface area (Å²) in [6, 6.07) is 3.25. The second kappa shape index (κ2) is 5.84. The maximum atomic E-state index is 12.9. The van der Waals surface area contributed by atoms with Gasteiger partial charge in [0, 0.05) is 51.8 Å². The van der Waals surface area contributed by atoms with Crippen molar-refractivity contribution >= 4 is 11.6 Å². The number of pyridine rings is 1. The molecule has 1 unspecified atom stereocenters. The highest BCUT2D eigenvalue weighted by Crippen LogP contribution is 2.42. The molecule has 0 aromatic carbocycles. The number of hydrogen-bond donors (Lipinski definition) is 0. The molecule has 4 heterocycles. The molecule has 2 saturated heterocycles. The van der Waals surface area contributed by atoms with Crippen molar-refractivity contribution < 1.29 is 4.79 Å². The molecule has 25 heavy (non-hydrogen) atoms. The lowest BCUT2D eigenvalue weighted by Crippen LogP contribution is -2.67. The number of likely N-dealkylation sites (tertiary alicyclic amines) is 1. The molecule has 1 amide bonds. The summed E-state index contributed by atoms with van der Waals surface area (Å²) in [5.74, 6) is 1.20. The molecule has 0 saturated carbocycles. The van der Waals surface area contributed by atoms with Crippen molar-refractivity contribution in [2.75, 3.05) is 24.5 Å². The van der Waals surface area contributed by atoms with Crippen molar-refractivity contribution in [3.63, 3.8) is 0 Å². The fraction of sp³-hybridized carbons (Fsp3) is 0.500. The lowest BCUT2D eigenvalue weighted by atomic mass is 9.72. The zero-order chi connectivity index (χ0) is 17.6. The highest BCUT2D eigenvalue weighted by Gasteiger charge is 2.54. The van der Waals surface area contributed by atoms with E-state index in [0.717, 1.165) is 50.5 Å². The molecule has 2 aliphatic rings. The molecule has 2 aliphatic heterocycles. The zero-order valence-electron chi connectivity index (χ0n) is 14.7. The van der Waals surface area contributed by atoms with Crippen LogP contribution in [0.1, 0.15) is 18.7 Å². The summed E-state index contributed by atoms with van der Waals surface area (Å²) in [4.78, 5) is 33.0. The summed E-state index contributed by atoms with van der Waals surface area (Å²) in [5.41, 5.74) is 0.460. The second-order valence-corrected chi connectivity index (χ2v) is 7.28. The van der Waals surface area contributed by atoms with Gasteiger partial charge in [0.2, 0.25) is 11.5 Å². The molecular weight excluding hydrogens is 318 g/mol. The predicted molar refractivity (Wildman–Crippen MR) is 94.2 cm³/mol. The van der Waals surface area contributed by atoms with E-state index in [2.05, 4.69) is 9.88 Å². The average Bonchev–Trinajstić information content (AvgIpc) is 3.00. The number of anilines is 1. The Hall–Kier alpha value is -2.41. The molecule has 0 bridgehead atoms. The minimum Gasteiger partial charge on any atom is -0.337 e. The Morgan fingerprint density at radius 2 is 2.00 bits per heavy atom. The summed E-state index contributed by atoms with van der Waals surface area (Å²) >= 11 is 0. The maximum absolute atomic E-state index is 12.9. The van der Waals surface area contributed by atoms with Gasteiger partial charge in [-0.05, 0) is 25.5 Å². The lowest BCUT2D eigenvalue weighted by molar-refractivity contribution is -0.139. The molecule has 1 spiro atoms. The Kier molecular flexibility index (Phi) is 3.76. The van der Waals surface area contributed by atoms with Gasteiger partial charge >= 0.3 is 0 Å². The highest BCUT2D eigenvalue weighted by molar-refractivity contribution is 6.04. The first-order valence-corrected chi connectivity index (χ1v) is 8.66. The van der Waals surface area contributed by atoms with Gasteiger partial charge in [-0.1, -0.05) is 0 Å². The molecule has 7 heteroatoms. The fourth-order valence-electron chi connectivity index (χ4n) is 4.00. The van der Waals surface area contributed by atoms with Crippen LogP contribution in [-0.4, -0.2) is 44.6 Å². The predicted octanol–water partition coefficient (Wildman–Crippen LogP) is 0.748. The Morgan fingerprint density at radius 1 is 1.16 bits per heavy atom. The first-order chi connectivity index (χ1) is 12.0. The van der Waals surface area contributed by atoms with Gasteiger partial charge < -0.3 is 14.0 Å². The van der Waals surface area contributed by atoms with Crippen molar-refractivity contribution in [1.29, 1.82) is 0 Å². The van der Waals surface area contributed by atoms with Crippen LogP contribution in [0.5, 0.6) is 0 Å². The van der Waals surface area contributed by atoms with Gasteiger partial charge in [0.15, 0.2) is 0 Å². The molecular formula is C18H23N5O2. The third-order valence-corrected chi connectivity index (χ3v) is 5.48. The van der Waals surface area contributed by atoms with Gasteiger partial charge in [-0.2, -0.15) is 0 Å². The number of amides is 1. The summed E-state index contributed by atoms with van der Waals surface area (Å²) in [5, 5.41) is 0. The van der Waals surface area contributed by atoms with Crippen LogP contribution >= 0.6 is 0 Å². The Balaban J connectivity index is 1.48. The number of hydrogen-bond acceptors (Lipinski definition) is 4. The van der Waals surface area contributed by atoms with E-state index < -0.39 is 0 Å². The molecule has 7 nitrogen and oxygen atoms in total. The number of aryl methyl sites for hydroxylation is 2. The standard InChI is InChI=1S/C18H23N5O2/c1-20-9-7-19-15(20)11-22-8-3-6-18(12-22)13-23(17(18)25)14-4-5-16(24)21(2)10-14/h4-5,7,9-10H,3,6,8,11-13H2,1-2H3. The Morgan fingerprint density at radius 3 is 2.68 bits per heavy atom. The number of rotatable bonds is 3. The van der Waals surface area contributed by atoms with Crippen molar-refractivity contribution in [2.24, 2.45) is 19.5 Å². The summed E-state index contributed by atoms with van der Waals surface area (Å²) < 4.78 is 3.54. The van der Waals surface area contributed by atoms with Gasteiger partial charge in [-0.3, -0.25) is 14.5 Å². The van der Waals surface area contributed by atoms with Crippen molar-refractivity contribution in [3.05, 3.63) is 46.9 Å². The average molecular weight is 341 g/mol. The normalized spacial score (nSPS) is 23.9. The molecule has 0 radical (unpaired) electrons. The summed E-state index contributed by atoms with van der Waals surface area (Å²) in [6.07, 6.45) is 7.46. The van der Waals surface area contributed by atoms with E-state index in [4.69, 9.17) is 0 Å². The summed E-state index contributed by atoms with van der Waals surface area (Å²) in [6.45, 7) is 3.28. The van der Waals surface area contributed by atoms with Crippen LogP contribution in [0.2, 0.25) is 0 Å². The van der Waals surface area contributed by atoms with Gasteiger partial charge in [-0.25, -0.2) is 4.98 Å². The van der Waals surface area contributed by atoms with Crippen LogP contribution in [0.25, 0.3) is 0 Å². The van der Waals surface area contributed by atoms with Crippen molar-refractivity contribution in [3.8, 4) is 0 Å². The quantitative estimate of drug-likeness (QED) is 0.773. The first-order valence-electron chi connectivity index (χ1n) is 8.66. The van der Waals surface area contributed by atoms with Gasteiger partial charge in [0.05, 0.1) is 17.6 Å². The molecule has 132 valence electrons. The molecule has 0 aliphatic carbocycles. The Labute approximate surface area is 146 Å². The van der Waals surface area contributed by atoms with Gasteiger partial charge in [-0.15, -0.1) is 0 Å². The smallest absolute Gasteiger partial charge is 0.250 e. The third-order valence-electron chi connectivity index (χ3n) is 5.48. The number of β-lactam (4-membered cyclic amide) rings is 1. The first kappa shape index (κ1) is 16.1. The van der Waals surface area contributed by atoms with E-state index in [1.165, 1.54) is 10.6 Å². The van der Waals surface area contributed by atoms with E-state index in [1.807, 2.05) is 24.0 Å². The number of carbonyl (C=O) groups excluding carboxylic acids is 1. The lowest BCUT2D eigenvalue weighted by Gasteiger charge is -2.53. The number of carbonyl (C=O) groups is 1. The van der Waals surface area contributed by atoms with E-state index >= 15 is 0 Å². The molecule has 0 N–H and O–H groups in total. The highest BCUT2D eigenvalue weighted by atomic mass is 16.2. The zero-order valence-corrected chi connectivity index (χ0v) is 14.7. The number of imidazole rings is 1. The minimum absolute atomic E-state index is 0.0645. The van der Waals surface area contributed by atoms with Gasteiger partial charge in [0.1, 0.15) is 5.82 Å². The number of piperidine rings is 1. The molecule has 1 atom stereocenters. The van der Waals surface area contributed by atoms with Gasteiger partial charge in [0.25, 0.3) is 0 Å². The molecule has 4 rings (SSSR count). The minimum atomic E-state index is -0.280. The van der Waals surface area contributed by atoms with Crippen LogP contribution in [0.4, 0.5) is 5.69 Å². The fourth-order valence-corrected chi connectivity index (χ4v) is 4.00. The van der Waals surface area contributed by atoms with Crippen LogP contribution in [0.3, 0.4) is 0 Å². The number of aromatic nitrogens is 3. The molecule has 2 fully saturated rings. The Bertz CT molecular complexity index is 870. The maximum Gasteiger partial charge on any atom is 0.250 e. The third kappa shape index (κ3) is 2.68. The van der Waals surface area contributed by atoms with E-state index in [1.54, 1.807) is 24.2 Å². The van der Waals surface area contributed by atoms with Crippen molar-refractivity contribution in [2.45, 2.75) is 19.4 Å². The summed E-state index contributed by atoms with van der Waals surface area (Å²) in [7, 11) is 3.71. The van der Waals surface area contributed by atoms with Crippen molar-refractivity contribution in [1.82, 2.24) is 19.0 Å². The SMILES string of the molecule is Cn1ccnc1CN1CCCC2(C1)CN(c1ccc(=O)n(C)c1)C2=O. The van der Waals surface area contributed by atoms with E-state index in [-0.39, 0.29) is 16.9 Å². The van der Waals surface area contributed by atoms with E-state index in [9.17, 15) is 9.59 Å². The van der Waals surface area contributed by atoms with Crippen LogP contribution < -0.4 is 10.5 Å². The molecule has 2 aromatic rings. The largest absolute Gasteiger partial charge is 0.337 e. The van der Waals surface area contributed by atoms with E-state index in [0.29, 0.717) is 0 Å². The second-order valence-electron chi connectivity index (χ2n) is 7.28. The topological polar surface area (TPSA) is 63.4 Å². The van der Waals surface area contributed by atoms with Crippen LogP contribution in [0.15, 0.2) is 35.5 Å². The molecule has 2 aromatic heterocycles. The van der Waals surface area contributed by atoms with Crippen LogP contribution in [0, 0.1) is 5.41 Å². The number of nitrogens with zero attached hydrogens (tertiary/aromatic N) is 5. The monoisotopic (exact) mass is 341 g/mol. The van der Waals surface area contributed by atoms with Crippen LogP contribution in [-0.2, 0) is 25.4 Å².